The lowest BCUT2D eigenvalue weighted by Crippen LogP contribution is -2.56. The van der Waals surface area contributed by atoms with E-state index < -0.39 is 11.4 Å². The summed E-state index contributed by atoms with van der Waals surface area (Å²) in [5, 5.41) is 20.1. The van der Waals surface area contributed by atoms with Gasteiger partial charge < -0.3 is 14.7 Å². The number of benzene rings is 1. The Labute approximate surface area is 147 Å². The summed E-state index contributed by atoms with van der Waals surface area (Å²) in [6, 6.07) is 5.55. The highest BCUT2D eigenvalue weighted by atomic mass is 19.1. The predicted molar refractivity (Wildman–Crippen MR) is 89.3 cm³/mol. The molecule has 25 heavy (non-hydrogen) atoms. The lowest BCUT2D eigenvalue weighted by Gasteiger charge is -2.48. The number of likely N-dealkylation sites (tertiary alicyclic amines) is 1. The molecule has 0 spiro atoms. The van der Waals surface area contributed by atoms with Crippen LogP contribution in [0.2, 0.25) is 0 Å². The first-order valence-electron chi connectivity index (χ1n) is 8.74. The fraction of sp³-hybridized carbons (Fsp3) is 0.579. The zero-order valence-electron chi connectivity index (χ0n) is 14.4. The Bertz CT molecular complexity index is 696. The van der Waals surface area contributed by atoms with Crippen LogP contribution in [0.5, 0.6) is 0 Å². The van der Waals surface area contributed by atoms with Crippen LogP contribution < -0.4 is 0 Å². The molecule has 134 valence electrons. The van der Waals surface area contributed by atoms with E-state index in [1.54, 1.807) is 4.90 Å². The molecule has 6 heteroatoms. The number of piperidine rings is 1. The summed E-state index contributed by atoms with van der Waals surface area (Å²) < 4.78 is 19.0. The number of nitriles is 1. The number of hydrogen-bond acceptors (Lipinski definition) is 4. The van der Waals surface area contributed by atoms with Gasteiger partial charge in [0.2, 0.25) is 0 Å². The summed E-state index contributed by atoms with van der Waals surface area (Å²) in [7, 11) is 0. The smallest absolute Gasteiger partial charge is 0.254 e. The van der Waals surface area contributed by atoms with Crippen molar-refractivity contribution in [2.45, 2.75) is 31.8 Å². The molecule has 3 rings (SSSR count). The van der Waals surface area contributed by atoms with Crippen molar-refractivity contribution in [3.8, 4) is 6.07 Å². The van der Waals surface area contributed by atoms with E-state index in [0.29, 0.717) is 32.7 Å². The van der Waals surface area contributed by atoms with Crippen molar-refractivity contribution in [3.63, 3.8) is 0 Å². The minimum absolute atomic E-state index is 0.0719. The maximum atomic E-state index is 13.6. The number of amides is 1. The first kappa shape index (κ1) is 17.8. The highest BCUT2D eigenvalue weighted by molar-refractivity contribution is 5.94. The third kappa shape index (κ3) is 3.53. The number of carbonyl (C=O) groups excluding carboxylic acids is 1. The normalized spacial score (nSPS) is 27.8. The van der Waals surface area contributed by atoms with E-state index >= 15 is 0 Å². The van der Waals surface area contributed by atoms with E-state index in [4.69, 9.17) is 10.00 Å². The maximum Gasteiger partial charge on any atom is 0.254 e. The van der Waals surface area contributed by atoms with Crippen LogP contribution in [0.15, 0.2) is 18.2 Å². The summed E-state index contributed by atoms with van der Waals surface area (Å²) in [5.41, 5.74) is -0.479. The predicted octanol–water partition coefficient (Wildman–Crippen LogP) is 2.34. The van der Waals surface area contributed by atoms with Crippen LogP contribution in [0.25, 0.3) is 0 Å². The number of nitrogens with zero attached hydrogens (tertiary/aromatic N) is 2. The minimum Gasteiger partial charge on any atom is -0.389 e. The Morgan fingerprint density at radius 3 is 2.76 bits per heavy atom. The molecule has 0 saturated carbocycles. The quantitative estimate of drug-likeness (QED) is 0.892. The van der Waals surface area contributed by atoms with E-state index in [2.05, 4.69) is 0 Å². The Morgan fingerprint density at radius 2 is 2.12 bits per heavy atom. The molecular weight excluding hydrogens is 323 g/mol. The average molecular weight is 346 g/mol. The van der Waals surface area contributed by atoms with Gasteiger partial charge in [0.15, 0.2) is 0 Å². The van der Waals surface area contributed by atoms with Crippen LogP contribution in [0.1, 0.15) is 42.1 Å². The summed E-state index contributed by atoms with van der Waals surface area (Å²) in [6.45, 7) is 4.15. The molecule has 2 aliphatic rings. The average Bonchev–Trinajstić information content (AvgIpc) is 2.63. The molecule has 0 aliphatic carbocycles. The monoisotopic (exact) mass is 346 g/mol. The lowest BCUT2D eigenvalue weighted by molar-refractivity contribution is -0.125. The van der Waals surface area contributed by atoms with Gasteiger partial charge >= 0.3 is 0 Å². The maximum absolute atomic E-state index is 13.6. The molecular formula is C19H23FN2O3. The van der Waals surface area contributed by atoms with Crippen molar-refractivity contribution in [2.75, 3.05) is 26.3 Å². The summed E-state index contributed by atoms with van der Waals surface area (Å²) >= 11 is 0. The minimum atomic E-state index is -0.791. The molecule has 1 amide bonds. The van der Waals surface area contributed by atoms with Gasteiger partial charge in [0.1, 0.15) is 5.82 Å². The van der Waals surface area contributed by atoms with Gasteiger partial charge in [-0.2, -0.15) is 5.26 Å². The number of ether oxygens (including phenoxy) is 1. The molecule has 2 saturated heterocycles. The van der Waals surface area contributed by atoms with E-state index in [1.807, 2.05) is 13.0 Å². The first-order chi connectivity index (χ1) is 11.9. The van der Waals surface area contributed by atoms with Gasteiger partial charge in [0, 0.05) is 37.8 Å². The molecule has 2 fully saturated rings. The largest absolute Gasteiger partial charge is 0.389 e. The van der Waals surface area contributed by atoms with Crippen molar-refractivity contribution >= 4 is 5.91 Å². The Balaban J connectivity index is 1.73. The van der Waals surface area contributed by atoms with Gasteiger partial charge in [-0.25, -0.2) is 4.39 Å². The van der Waals surface area contributed by atoms with E-state index in [-0.39, 0.29) is 28.9 Å². The first-order valence-corrected chi connectivity index (χ1v) is 8.74. The van der Waals surface area contributed by atoms with E-state index in [1.165, 1.54) is 6.07 Å². The van der Waals surface area contributed by atoms with Crippen LogP contribution in [-0.4, -0.2) is 47.8 Å². The molecule has 1 aromatic carbocycles. The standard InChI is InChI=1S/C19H23FN2O3/c1-13-12-22(5-4-19(13,24)16-2-6-25-7-3-16)18(23)15-8-14(11-21)9-17(20)10-15/h8-10,13,16,24H,2-7,12H2,1H3/t13-,19+/m1/s1. The third-order valence-electron chi connectivity index (χ3n) is 5.62. The topological polar surface area (TPSA) is 73.6 Å². The van der Waals surface area contributed by atoms with Gasteiger partial charge in [-0.05, 0) is 43.4 Å². The Hall–Kier alpha value is -1.97. The molecule has 1 aromatic rings. The zero-order valence-corrected chi connectivity index (χ0v) is 14.4. The summed E-state index contributed by atoms with van der Waals surface area (Å²) in [4.78, 5) is 14.3. The van der Waals surface area contributed by atoms with Crippen molar-refractivity contribution < 1.29 is 19.0 Å². The Morgan fingerprint density at radius 1 is 1.40 bits per heavy atom. The van der Waals surface area contributed by atoms with Crippen molar-refractivity contribution in [1.82, 2.24) is 4.90 Å². The van der Waals surface area contributed by atoms with Crippen LogP contribution >= 0.6 is 0 Å². The fourth-order valence-corrected chi connectivity index (χ4v) is 4.09. The molecule has 2 atom stereocenters. The molecule has 0 unspecified atom stereocenters. The van der Waals surface area contributed by atoms with Crippen molar-refractivity contribution in [3.05, 3.63) is 35.1 Å². The van der Waals surface area contributed by atoms with Crippen molar-refractivity contribution in [2.24, 2.45) is 11.8 Å². The molecule has 1 N–H and O–H groups in total. The summed E-state index contributed by atoms with van der Waals surface area (Å²) in [5.74, 6) is -0.770. The highest BCUT2D eigenvalue weighted by Gasteiger charge is 2.46. The number of halogens is 1. The number of hydrogen-bond donors (Lipinski definition) is 1. The fourth-order valence-electron chi connectivity index (χ4n) is 4.09. The van der Waals surface area contributed by atoms with Gasteiger partial charge in [-0.1, -0.05) is 6.92 Å². The second-order valence-electron chi connectivity index (χ2n) is 7.12. The molecule has 0 bridgehead atoms. The number of aliphatic hydroxyl groups is 1. The second kappa shape index (κ2) is 7.11. The molecule has 0 aromatic heterocycles. The zero-order chi connectivity index (χ0) is 18.0. The molecule has 0 radical (unpaired) electrons. The SMILES string of the molecule is C[C@@H]1CN(C(=O)c2cc(F)cc(C#N)c2)CC[C@@]1(O)C1CCOCC1. The molecule has 5 nitrogen and oxygen atoms in total. The highest BCUT2D eigenvalue weighted by Crippen LogP contribution is 2.39. The van der Waals surface area contributed by atoms with Crippen LogP contribution in [0.3, 0.4) is 0 Å². The Kier molecular flexibility index (Phi) is 5.07. The van der Waals surface area contributed by atoms with Crippen LogP contribution in [0.4, 0.5) is 4.39 Å². The van der Waals surface area contributed by atoms with Gasteiger partial charge in [-0.3, -0.25) is 4.79 Å². The van der Waals surface area contributed by atoms with E-state index in [0.717, 1.165) is 25.0 Å². The second-order valence-corrected chi connectivity index (χ2v) is 7.12. The van der Waals surface area contributed by atoms with Crippen LogP contribution in [0, 0.1) is 29.0 Å². The van der Waals surface area contributed by atoms with Gasteiger partial charge in [0.05, 0.1) is 17.2 Å². The molecule has 2 aliphatic heterocycles. The third-order valence-corrected chi connectivity index (χ3v) is 5.62. The summed E-state index contributed by atoms with van der Waals surface area (Å²) in [6.07, 6.45) is 2.18. The number of rotatable bonds is 2. The number of carbonyl (C=O) groups is 1. The van der Waals surface area contributed by atoms with E-state index in [9.17, 15) is 14.3 Å². The van der Waals surface area contributed by atoms with Crippen LogP contribution in [-0.2, 0) is 4.74 Å². The lowest BCUT2D eigenvalue weighted by atomic mass is 9.70. The van der Waals surface area contributed by atoms with Crippen molar-refractivity contribution in [1.29, 1.82) is 5.26 Å². The molecule has 2 heterocycles. The van der Waals surface area contributed by atoms with Gasteiger partial charge in [0.25, 0.3) is 5.91 Å². The van der Waals surface area contributed by atoms with Gasteiger partial charge in [-0.15, -0.1) is 0 Å².